The maximum atomic E-state index is 11.9. The van der Waals surface area contributed by atoms with Crippen molar-refractivity contribution in [2.45, 2.75) is 20.4 Å². The molecule has 7 nitrogen and oxygen atoms in total. The van der Waals surface area contributed by atoms with E-state index in [1.54, 1.807) is 6.20 Å². The van der Waals surface area contributed by atoms with Crippen LogP contribution in [0.15, 0.2) is 12.4 Å². The molecule has 0 aliphatic carbocycles. The molecule has 1 aromatic heterocycles. The van der Waals surface area contributed by atoms with E-state index in [9.17, 15) is 9.59 Å². The quantitative estimate of drug-likeness (QED) is 0.746. The summed E-state index contributed by atoms with van der Waals surface area (Å²) < 4.78 is 1.37. The zero-order valence-corrected chi connectivity index (χ0v) is 9.91. The summed E-state index contributed by atoms with van der Waals surface area (Å²) in [5.41, 5.74) is 0. The van der Waals surface area contributed by atoms with Crippen molar-refractivity contribution in [2.24, 2.45) is 5.92 Å². The molecule has 0 saturated heterocycles. The van der Waals surface area contributed by atoms with Gasteiger partial charge in [-0.2, -0.15) is 0 Å². The number of hydrogen-bond donors (Lipinski definition) is 1. The van der Waals surface area contributed by atoms with Crippen LogP contribution >= 0.6 is 0 Å². The van der Waals surface area contributed by atoms with Gasteiger partial charge in [-0.3, -0.25) is 9.59 Å². The van der Waals surface area contributed by atoms with Crippen LogP contribution in [0.25, 0.3) is 0 Å². The molecule has 1 heterocycles. The largest absolute Gasteiger partial charge is 0.480 e. The smallest absolute Gasteiger partial charge is 0.323 e. The molecule has 0 aliphatic heterocycles. The van der Waals surface area contributed by atoms with E-state index < -0.39 is 5.97 Å². The molecule has 0 fully saturated rings. The Balaban J connectivity index is 2.61. The van der Waals surface area contributed by atoms with Crippen LogP contribution in [0.3, 0.4) is 0 Å². The van der Waals surface area contributed by atoms with Crippen molar-refractivity contribution in [3.05, 3.63) is 12.4 Å². The lowest BCUT2D eigenvalue weighted by Crippen LogP contribution is -2.40. The molecule has 0 unspecified atom stereocenters. The fourth-order valence-electron chi connectivity index (χ4n) is 1.41. The first-order valence-electron chi connectivity index (χ1n) is 5.32. The molecule has 0 atom stereocenters. The third-order valence-corrected chi connectivity index (χ3v) is 2.03. The Morgan fingerprint density at radius 3 is 2.65 bits per heavy atom. The van der Waals surface area contributed by atoms with Crippen molar-refractivity contribution in [1.82, 2.24) is 19.9 Å². The fourth-order valence-corrected chi connectivity index (χ4v) is 1.41. The number of hydrogen-bond acceptors (Lipinski definition) is 4. The summed E-state index contributed by atoms with van der Waals surface area (Å²) in [6.07, 6.45) is 3.03. The average molecular weight is 240 g/mol. The van der Waals surface area contributed by atoms with Gasteiger partial charge in [0, 0.05) is 12.7 Å². The Morgan fingerprint density at radius 2 is 2.18 bits per heavy atom. The molecule has 1 rings (SSSR count). The average Bonchev–Trinajstić information content (AvgIpc) is 2.67. The molecule has 94 valence electrons. The van der Waals surface area contributed by atoms with Gasteiger partial charge in [-0.05, 0) is 5.92 Å². The van der Waals surface area contributed by atoms with Crippen LogP contribution in [0, 0.1) is 5.92 Å². The van der Waals surface area contributed by atoms with Crippen LogP contribution in [-0.4, -0.2) is 50.0 Å². The summed E-state index contributed by atoms with van der Waals surface area (Å²) in [6, 6.07) is 0. The van der Waals surface area contributed by atoms with Gasteiger partial charge in [0.05, 0.1) is 6.20 Å². The van der Waals surface area contributed by atoms with Crippen LogP contribution in [0.1, 0.15) is 13.8 Å². The van der Waals surface area contributed by atoms with E-state index >= 15 is 0 Å². The lowest BCUT2D eigenvalue weighted by Gasteiger charge is -2.22. The number of amides is 1. The summed E-state index contributed by atoms with van der Waals surface area (Å²) in [7, 11) is 0. The first kappa shape index (κ1) is 13.1. The van der Waals surface area contributed by atoms with Crippen LogP contribution in [0.5, 0.6) is 0 Å². The van der Waals surface area contributed by atoms with Gasteiger partial charge in [0.1, 0.15) is 13.1 Å². The maximum absolute atomic E-state index is 11.9. The van der Waals surface area contributed by atoms with Crippen molar-refractivity contribution in [3.8, 4) is 0 Å². The second-order valence-corrected chi connectivity index (χ2v) is 4.16. The number of carboxylic acids is 1. The number of carbonyl (C=O) groups is 2. The Morgan fingerprint density at radius 1 is 1.47 bits per heavy atom. The van der Waals surface area contributed by atoms with Crippen LogP contribution in [0.4, 0.5) is 0 Å². The molecule has 0 bridgehead atoms. The van der Waals surface area contributed by atoms with Crippen LogP contribution < -0.4 is 0 Å². The van der Waals surface area contributed by atoms with Gasteiger partial charge in [-0.15, -0.1) is 5.10 Å². The zero-order valence-electron chi connectivity index (χ0n) is 9.91. The Labute approximate surface area is 99.0 Å². The third-order valence-electron chi connectivity index (χ3n) is 2.03. The van der Waals surface area contributed by atoms with Crippen molar-refractivity contribution in [3.63, 3.8) is 0 Å². The Kier molecular flexibility index (Phi) is 4.62. The highest BCUT2D eigenvalue weighted by Gasteiger charge is 2.18. The van der Waals surface area contributed by atoms with Gasteiger partial charge in [-0.1, -0.05) is 19.1 Å². The predicted octanol–water partition coefficient (Wildman–Crippen LogP) is -0.153. The summed E-state index contributed by atoms with van der Waals surface area (Å²) >= 11 is 0. The molecule has 0 aromatic carbocycles. The van der Waals surface area contributed by atoms with E-state index in [2.05, 4.69) is 10.3 Å². The molecule has 0 spiro atoms. The number of aliphatic carboxylic acids is 1. The van der Waals surface area contributed by atoms with Gasteiger partial charge in [-0.25, -0.2) is 4.68 Å². The van der Waals surface area contributed by atoms with Gasteiger partial charge < -0.3 is 10.0 Å². The minimum Gasteiger partial charge on any atom is -0.480 e. The summed E-state index contributed by atoms with van der Waals surface area (Å²) in [5.74, 6) is -1.07. The lowest BCUT2D eigenvalue weighted by atomic mass is 10.2. The molecule has 0 radical (unpaired) electrons. The summed E-state index contributed by atoms with van der Waals surface area (Å²) in [4.78, 5) is 23.8. The highest BCUT2D eigenvalue weighted by Crippen LogP contribution is 2.00. The van der Waals surface area contributed by atoms with E-state index in [1.807, 2.05) is 13.8 Å². The summed E-state index contributed by atoms with van der Waals surface area (Å²) in [5, 5.41) is 16.0. The Hall–Kier alpha value is -1.92. The Bertz CT molecular complexity index is 375. The topological polar surface area (TPSA) is 88.3 Å². The molecule has 1 N–H and O–H groups in total. The van der Waals surface area contributed by atoms with Crippen molar-refractivity contribution in [2.75, 3.05) is 13.1 Å². The number of aromatic nitrogens is 3. The van der Waals surface area contributed by atoms with Gasteiger partial charge in [0.25, 0.3) is 0 Å². The number of carbonyl (C=O) groups excluding carboxylic acids is 1. The molecule has 0 aliphatic rings. The van der Waals surface area contributed by atoms with E-state index in [1.165, 1.54) is 15.8 Å². The SMILES string of the molecule is CC(C)CN(CC(=O)O)C(=O)Cn1ccnn1. The fraction of sp³-hybridized carbons (Fsp3) is 0.600. The number of nitrogens with zero attached hydrogens (tertiary/aromatic N) is 4. The standard InChI is InChI=1S/C10H16N4O3/c1-8(2)5-13(7-10(16)17)9(15)6-14-4-3-11-12-14/h3-4,8H,5-7H2,1-2H3,(H,16,17). The number of carboxylic acid groups (broad SMARTS) is 1. The molecule has 1 amide bonds. The van der Waals surface area contributed by atoms with E-state index in [0.29, 0.717) is 6.54 Å². The molecular formula is C10H16N4O3. The first-order valence-corrected chi connectivity index (χ1v) is 5.32. The second kappa shape index (κ2) is 5.97. The van der Waals surface area contributed by atoms with Crippen molar-refractivity contribution >= 4 is 11.9 Å². The molecule has 7 heteroatoms. The minimum atomic E-state index is -1.02. The first-order chi connectivity index (χ1) is 7.99. The normalized spacial score (nSPS) is 10.5. The zero-order chi connectivity index (χ0) is 12.8. The molecular weight excluding hydrogens is 224 g/mol. The van der Waals surface area contributed by atoms with E-state index in [-0.39, 0.29) is 24.9 Å². The summed E-state index contributed by atoms with van der Waals surface area (Å²) in [6.45, 7) is 4.00. The maximum Gasteiger partial charge on any atom is 0.323 e. The van der Waals surface area contributed by atoms with Gasteiger partial charge in [0.15, 0.2) is 0 Å². The van der Waals surface area contributed by atoms with Gasteiger partial charge in [0.2, 0.25) is 5.91 Å². The van der Waals surface area contributed by atoms with E-state index in [4.69, 9.17) is 5.11 Å². The van der Waals surface area contributed by atoms with Crippen molar-refractivity contribution in [1.29, 1.82) is 0 Å². The molecule has 1 aromatic rings. The van der Waals surface area contributed by atoms with Crippen LogP contribution in [0.2, 0.25) is 0 Å². The number of rotatable bonds is 6. The highest BCUT2D eigenvalue weighted by atomic mass is 16.4. The monoisotopic (exact) mass is 240 g/mol. The second-order valence-electron chi connectivity index (χ2n) is 4.16. The lowest BCUT2D eigenvalue weighted by molar-refractivity contribution is -0.145. The van der Waals surface area contributed by atoms with Crippen molar-refractivity contribution < 1.29 is 14.7 Å². The minimum absolute atomic E-state index is 0.0139. The molecule has 0 saturated carbocycles. The predicted molar refractivity (Wildman–Crippen MR) is 59.1 cm³/mol. The third kappa shape index (κ3) is 4.62. The highest BCUT2D eigenvalue weighted by molar-refractivity contribution is 5.81. The molecule has 17 heavy (non-hydrogen) atoms. The van der Waals surface area contributed by atoms with Crippen LogP contribution in [-0.2, 0) is 16.1 Å². The van der Waals surface area contributed by atoms with E-state index in [0.717, 1.165) is 0 Å². The van der Waals surface area contributed by atoms with Gasteiger partial charge >= 0.3 is 5.97 Å².